The predicted molar refractivity (Wildman–Crippen MR) is 107 cm³/mol. The first-order chi connectivity index (χ1) is 13.5. The topological polar surface area (TPSA) is 86.5 Å². The summed E-state index contributed by atoms with van der Waals surface area (Å²) < 4.78 is 12.3. The number of esters is 1. The van der Waals surface area contributed by atoms with Gasteiger partial charge >= 0.3 is 5.97 Å². The Labute approximate surface area is 167 Å². The molecular formula is C20H21N3O4S. The lowest BCUT2D eigenvalue weighted by Gasteiger charge is -2.11. The number of methoxy groups -OCH3 is 1. The van der Waals surface area contributed by atoms with E-state index in [1.807, 2.05) is 42.7 Å². The van der Waals surface area contributed by atoms with Crippen molar-refractivity contribution in [1.29, 1.82) is 0 Å². The van der Waals surface area contributed by atoms with Crippen LogP contribution in [0.1, 0.15) is 13.8 Å². The van der Waals surface area contributed by atoms with Gasteiger partial charge in [-0.05, 0) is 62.4 Å². The Kier molecular flexibility index (Phi) is 6.20. The van der Waals surface area contributed by atoms with Crippen molar-refractivity contribution >= 4 is 17.7 Å². The molecule has 0 amide bonds. The van der Waals surface area contributed by atoms with Crippen molar-refractivity contribution in [3.05, 3.63) is 48.5 Å². The summed E-state index contributed by atoms with van der Waals surface area (Å²) >= 11 is 1.25. The molecule has 0 saturated carbocycles. The fourth-order valence-electron chi connectivity index (χ4n) is 2.55. The molecule has 0 aliphatic carbocycles. The number of hydrogen-bond donors (Lipinski definition) is 1. The molecule has 0 spiro atoms. The summed E-state index contributed by atoms with van der Waals surface area (Å²) in [5, 5.41) is 18.7. The molecule has 1 aromatic heterocycles. The zero-order chi connectivity index (χ0) is 20.1. The Morgan fingerprint density at radius 1 is 1.11 bits per heavy atom. The zero-order valence-electron chi connectivity index (χ0n) is 15.8. The summed E-state index contributed by atoms with van der Waals surface area (Å²) in [5.74, 6) is 1.32. The molecular weight excluding hydrogens is 378 g/mol. The van der Waals surface area contributed by atoms with Gasteiger partial charge in [0.15, 0.2) is 11.0 Å². The molecule has 28 heavy (non-hydrogen) atoms. The number of aromatic nitrogens is 3. The number of ether oxygens (including phenoxy) is 2. The summed E-state index contributed by atoms with van der Waals surface area (Å²) in [5.41, 5.74) is 1.62. The summed E-state index contributed by atoms with van der Waals surface area (Å²) in [6.45, 7) is 3.62. The zero-order valence-corrected chi connectivity index (χ0v) is 16.6. The maximum Gasteiger partial charge on any atom is 0.316 e. The van der Waals surface area contributed by atoms with Crippen LogP contribution in [0, 0.1) is 0 Å². The minimum absolute atomic E-state index is 0.127. The van der Waals surface area contributed by atoms with E-state index in [2.05, 4.69) is 10.2 Å². The first-order valence-corrected chi connectivity index (χ1v) is 9.68. The third kappa shape index (κ3) is 4.64. The highest BCUT2D eigenvalue weighted by Crippen LogP contribution is 2.29. The van der Waals surface area contributed by atoms with Crippen molar-refractivity contribution in [2.75, 3.05) is 12.9 Å². The van der Waals surface area contributed by atoms with Crippen LogP contribution in [0.4, 0.5) is 0 Å². The fraction of sp³-hybridized carbons (Fsp3) is 0.250. The van der Waals surface area contributed by atoms with Crippen molar-refractivity contribution in [2.24, 2.45) is 0 Å². The van der Waals surface area contributed by atoms with Crippen LogP contribution >= 0.6 is 11.8 Å². The van der Waals surface area contributed by atoms with Crippen molar-refractivity contribution in [3.8, 4) is 28.6 Å². The normalized spacial score (nSPS) is 10.9. The highest BCUT2D eigenvalue weighted by molar-refractivity contribution is 7.99. The van der Waals surface area contributed by atoms with Crippen LogP contribution in [-0.2, 0) is 9.53 Å². The van der Waals surface area contributed by atoms with Crippen LogP contribution in [-0.4, -0.2) is 44.8 Å². The highest BCUT2D eigenvalue weighted by atomic mass is 32.2. The standard InChI is InChI=1S/C20H21N3O4S/c1-13(2)27-18(25)12-28-20-22-21-19(14-4-8-16(24)9-5-14)23(20)15-6-10-17(26-3)11-7-15/h4-11,13,24H,12H2,1-3H3. The third-order valence-electron chi connectivity index (χ3n) is 3.78. The minimum Gasteiger partial charge on any atom is -0.508 e. The summed E-state index contributed by atoms with van der Waals surface area (Å²) in [6.07, 6.45) is -0.167. The largest absolute Gasteiger partial charge is 0.508 e. The second kappa shape index (κ2) is 8.79. The maximum absolute atomic E-state index is 11.9. The van der Waals surface area contributed by atoms with E-state index in [0.717, 1.165) is 17.0 Å². The average Bonchev–Trinajstić information content (AvgIpc) is 3.10. The fourth-order valence-corrected chi connectivity index (χ4v) is 3.28. The van der Waals surface area contributed by atoms with Gasteiger partial charge in [-0.15, -0.1) is 10.2 Å². The number of phenolic OH excluding ortho intramolecular Hbond substituents is 1. The van der Waals surface area contributed by atoms with Crippen molar-refractivity contribution in [1.82, 2.24) is 14.8 Å². The Bertz CT molecular complexity index is 937. The molecule has 3 rings (SSSR count). The Balaban J connectivity index is 1.97. The molecule has 0 aliphatic rings. The molecule has 3 aromatic rings. The van der Waals surface area contributed by atoms with Gasteiger partial charge < -0.3 is 14.6 Å². The highest BCUT2D eigenvalue weighted by Gasteiger charge is 2.18. The van der Waals surface area contributed by atoms with E-state index < -0.39 is 0 Å². The second-order valence-electron chi connectivity index (χ2n) is 6.21. The molecule has 0 saturated heterocycles. The van der Waals surface area contributed by atoms with E-state index in [0.29, 0.717) is 11.0 Å². The van der Waals surface area contributed by atoms with E-state index in [1.165, 1.54) is 11.8 Å². The van der Waals surface area contributed by atoms with E-state index in [1.54, 1.807) is 31.4 Å². The van der Waals surface area contributed by atoms with Gasteiger partial charge in [-0.3, -0.25) is 9.36 Å². The molecule has 2 aromatic carbocycles. The van der Waals surface area contributed by atoms with Crippen LogP contribution in [0.2, 0.25) is 0 Å². The van der Waals surface area contributed by atoms with Gasteiger partial charge in [0.05, 0.1) is 19.0 Å². The number of thioether (sulfide) groups is 1. The first-order valence-electron chi connectivity index (χ1n) is 8.69. The number of benzene rings is 2. The lowest BCUT2D eigenvalue weighted by molar-refractivity contribution is -0.144. The van der Waals surface area contributed by atoms with Gasteiger partial charge in [-0.2, -0.15) is 0 Å². The van der Waals surface area contributed by atoms with Crippen molar-refractivity contribution in [3.63, 3.8) is 0 Å². The van der Waals surface area contributed by atoms with Gasteiger partial charge in [-0.25, -0.2) is 0 Å². The monoisotopic (exact) mass is 399 g/mol. The number of nitrogens with zero attached hydrogens (tertiary/aromatic N) is 3. The molecule has 0 bridgehead atoms. The second-order valence-corrected chi connectivity index (χ2v) is 7.16. The molecule has 0 atom stereocenters. The Morgan fingerprint density at radius 3 is 2.39 bits per heavy atom. The molecule has 8 heteroatoms. The van der Waals surface area contributed by atoms with E-state index in [9.17, 15) is 9.90 Å². The van der Waals surface area contributed by atoms with Crippen LogP contribution in [0.15, 0.2) is 53.7 Å². The van der Waals surface area contributed by atoms with Gasteiger partial charge in [0.1, 0.15) is 11.5 Å². The third-order valence-corrected chi connectivity index (χ3v) is 4.68. The molecule has 1 heterocycles. The molecule has 0 radical (unpaired) electrons. The lowest BCUT2D eigenvalue weighted by atomic mass is 10.2. The number of phenols is 1. The number of carbonyl (C=O) groups excluding carboxylic acids is 1. The summed E-state index contributed by atoms with van der Waals surface area (Å²) in [6, 6.07) is 14.2. The molecule has 0 fully saturated rings. The molecule has 0 aliphatic heterocycles. The number of rotatable bonds is 7. The van der Waals surface area contributed by atoms with Crippen LogP contribution in [0.5, 0.6) is 11.5 Å². The van der Waals surface area contributed by atoms with Crippen LogP contribution in [0.25, 0.3) is 17.1 Å². The number of carbonyl (C=O) groups is 1. The van der Waals surface area contributed by atoms with Crippen LogP contribution < -0.4 is 4.74 Å². The van der Waals surface area contributed by atoms with Crippen molar-refractivity contribution < 1.29 is 19.4 Å². The van der Waals surface area contributed by atoms with Gasteiger partial charge in [-0.1, -0.05) is 11.8 Å². The quantitative estimate of drug-likeness (QED) is 0.479. The van der Waals surface area contributed by atoms with Crippen molar-refractivity contribution in [2.45, 2.75) is 25.1 Å². The molecule has 146 valence electrons. The number of hydrogen-bond acceptors (Lipinski definition) is 7. The smallest absolute Gasteiger partial charge is 0.316 e. The SMILES string of the molecule is COc1ccc(-n2c(SCC(=O)OC(C)C)nnc2-c2ccc(O)cc2)cc1. The number of aromatic hydroxyl groups is 1. The lowest BCUT2D eigenvalue weighted by Crippen LogP contribution is -2.13. The molecule has 0 unspecified atom stereocenters. The Morgan fingerprint density at radius 2 is 1.79 bits per heavy atom. The van der Waals surface area contributed by atoms with E-state index in [-0.39, 0.29) is 23.6 Å². The minimum atomic E-state index is -0.310. The molecule has 7 nitrogen and oxygen atoms in total. The Hall–Kier alpha value is -3.00. The molecule has 1 N–H and O–H groups in total. The van der Waals surface area contributed by atoms with Gasteiger partial charge in [0.2, 0.25) is 0 Å². The van der Waals surface area contributed by atoms with Gasteiger partial charge in [0, 0.05) is 11.3 Å². The predicted octanol–water partition coefficient (Wildman–Crippen LogP) is 3.69. The first kappa shape index (κ1) is 19.8. The summed E-state index contributed by atoms with van der Waals surface area (Å²) in [7, 11) is 1.61. The van der Waals surface area contributed by atoms with Crippen LogP contribution in [0.3, 0.4) is 0 Å². The maximum atomic E-state index is 11.9. The van der Waals surface area contributed by atoms with E-state index >= 15 is 0 Å². The van der Waals surface area contributed by atoms with E-state index in [4.69, 9.17) is 9.47 Å². The summed E-state index contributed by atoms with van der Waals surface area (Å²) in [4.78, 5) is 11.9. The van der Waals surface area contributed by atoms with Gasteiger partial charge in [0.25, 0.3) is 0 Å². The average molecular weight is 399 g/mol.